The van der Waals surface area contributed by atoms with E-state index in [0.29, 0.717) is 13.2 Å². The highest BCUT2D eigenvalue weighted by molar-refractivity contribution is 7.13. The molecule has 0 fully saturated rings. The van der Waals surface area contributed by atoms with E-state index in [2.05, 4.69) is 5.10 Å². The van der Waals surface area contributed by atoms with Crippen molar-refractivity contribution in [1.82, 2.24) is 9.78 Å². The summed E-state index contributed by atoms with van der Waals surface area (Å²) in [6, 6.07) is 5.93. The minimum absolute atomic E-state index is 0.00207. The summed E-state index contributed by atoms with van der Waals surface area (Å²) in [7, 11) is 1.66. The first-order valence-electron chi connectivity index (χ1n) is 5.05. The van der Waals surface area contributed by atoms with E-state index < -0.39 is 0 Å². The maximum atomic E-state index is 9.23. The third-order valence-corrected chi connectivity index (χ3v) is 3.20. The highest BCUT2D eigenvalue weighted by atomic mass is 32.1. The van der Waals surface area contributed by atoms with Crippen molar-refractivity contribution in [1.29, 1.82) is 0 Å². The van der Waals surface area contributed by atoms with Gasteiger partial charge in [-0.2, -0.15) is 5.10 Å². The number of hydrogen-bond acceptors (Lipinski definition) is 4. The third-order valence-electron chi connectivity index (χ3n) is 2.31. The van der Waals surface area contributed by atoms with Gasteiger partial charge in [-0.25, -0.2) is 0 Å². The molecule has 4 nitrogen and oxygen atoms in total. The second-order valence-corrected chi connectivity index (χ2v) is 4.32. The second-order valence-electron chi connectivity index (χ2n) is 3.37. The Hall–Kier alpha value is -1.17. The van der Waals surface area contributed by atoms with E-state index in [9.17, 15) is 5.11 Å². The highest BCUT2D eigenvalue weighted by Crippen LogP contribution is 2.24. The Morgan fingerprint density at radius 2 is 2.44 bits per heavy atom. The van der Waals surface area contributed by atoms with Gasteiger partial charge in [-0.3, -0.25) is 4.68 Å². The van der Waals surface area contributed by atoms with Crippen LogP contribution in [0.2, 0.25) is 0 Å². The van der Waals surface area contributed by atoms with Crippen LogP contribution in [0, 0.1) is 0 Å². The van der Waals surface area contributed by atoms with Crippen molar-refractivity contribution in [3.63, 3.8) is 0 Å². The third kappa shape index (κ3) is 2.32. The SMILES string of the molecule is COCCn1nc(-c2cccs2)cc1CO. The molecule has 0 spiro atoms. The number of aromatic nitrogens is 2. The fourth-order valence-corrected chi connectivity index (χ4v) is 2.18. The Kier molecular flexibility index (Phi) is 3.71. The molecule has 0 aliphatic carbocycles. The molecule has 86 valence electrons. The smallest absolute Gasteiger partial charge is 0.103 e. The molecule has 0 radical (unpaired) electrons. The lowest BCUT2D eigenvalue weighted by Gasteiger charge is -2.03. The molecule has 0 saturated carbocycles. The van der Waals surface area contributed by atoms with Crippen molar-refractivity contribution in [3.8, 4) is 10.6 Å². The van der Waals surface area contributed by atoms with Gasteiger partial charge in [0, 0.05) is 7.11 Å². The van der Waals surface area contributed by atoms with Gasteiger partial charge in [-0.1, -0.05) is 6.07 Å². The van der Waals surface area contributed by atoms with Crippen molar-refractivity contribution < 1.29 is 9.84 Å². The molecule has 5 heteroatoms. The van der Waals surface area contributed by atoms with E-state index in [0.717, 1.165) is 16.3 Å². The van der Waals surface area contributed by atoms with E-state index in [-0.39, 0.29) is 6.61 Å². The number of hydrogen-bond donors (Lipinski definition) is 1. The zero-order valence-corrected chi connectivity index (χ0v) is 9.91. The van der Waals surface area contributed by atoms with Gasteiger partial charge in [0.25, 0.3) is 0 Å². The summed E-state index contributed by atoms with van der Waals surface area (Å²) in [4.78, 5) is 1.12. The molecule has 1 N–H and O–H groups in total. The number of thiophene rings is 1. The lowest BCUT2D eigenvalue weighted by molar-refractivity contribution is 0.179. The lowest BCUT2D eigenvalue weighted by atomic mass is 10.3. The van der Waals surface area contributed by atoms with Crippen molar-refractivity contribution in [2.24, 2.45) is 0 Å². The first kappa shape index (κ1) is 11.3. The van der Waals surface area contributed by atoms with E-state index in [1.807, 2.05) is 23.6 Å². The Morgan fingerprint density at radius 1 is 1.56 bits per heavy atom. The van der Waals surface area contributed by atoms with Crippen LogP contribution in [0.5, 0.6) is 0 Å². The summed E-state index contributed by atoms with van der Waals surface area (Å²) in [5.74, 6) is 0. The molecule has 2 heterocycles. The summed E-state index contributed by atoms with van der Waals surface area (Å²) in [6.45, 7) is 1.26. The normalized spacial score (nSPS) is 10.9. The Balaban J connectivity index is 2.25. The summed E-state index contributed by atoms with van der Waals surface area (Å²) in [5, 5.41) is 15.7. The molecule has 0 aliphatic rings. The average Bonchev–Trinajstić information content (AvgIpc) is 2.94. The molecule has 2 aromatic heterocycles. The van der Waals surface area contributed by atoms with Crippen LogP contribution in [0.1, 0.15) is 5.69 Å². The van der Waals surface area contributed by atoms with Gasteiger partial charge < -0.3 is 9.84 Å². The minimum Gasteiger partial charge on any atom is -0.390 e. The molecule has 0 aromatic carbocycles. The Morgan fingerprint density at radius 3 is 3.06 bits per heavy atom. The molecule has 2 rings (SSSR count). The van der Waals surface area contributed by atoms with Gasteiger partial charge in [0.15, 0.2) is 0 Å². The molecule has 0 unspecified atom stereocenters. The quantitative estimate of drug-likeness (QED) is 0.863. The minimum atomic E-state index is 0.00207. The van der Waals surface area contributed by atoms with Crippen molar-refractivity contribution in [2.75, 3.05) is 13.7 Å². The number of nitrogens with zero attached hydrogens (tertiary/aromatic N) is 2. The van der Waals surface area contributed by atoms with Gasteiger partial charge in [0.05, 0.1) is 30.3 Å². The van der Waals surface area contributed by atoms with Crippen LogP contribution in [0.3, 0.4) is 0 Å². The van der Waals surface area contributed by atoms with Crippen LogP contribution >= 0.6 is 11.3 Å². The predicted octanol–water partition coefficient (Wildman–Crippen LogP) is 1.75. The van der Waals surface area contributed by atoms with Gasteiger partial charge in [-0.15, -0.1) is 11.3 Å². The first-order chi connectivity index (χ1) is 7.85. The molecular weight excluding hydrogens is 224 g/mol. The molecule has 16 heavy (non-hydrogen) atoms. The molecular formula is C11H14N2O2S. The van der Waals surface area contributed by atoms with Crippen LogP contribution in [0.4, 0.5) is 0 Å². The molecule has 0 bridgehead atoms. The number of rotatable bonds is 5. The van der Waals surface area contributed by atoms with Crippen LogP contribution in [0.15, 0.2) is 23.6 Å². The van der Waals surface area contributed by atoms with E-state index >= 15 is 0 Å². The topological polar surface area (TPSA) is 47.3 Å². The van der Waals surface area contributed by atoms with E-state index in [1.165, 1.54) is 0 Å². The van der Waals surface area contributed by atoms with Gasteiger partial charge in [0.2, 0.25) is 0 Å². The molecule has 2 aromatic rings. The first-order valence-corrected chi connectivity index (χ1v) is 5.93. The summed E-state index contributed by atoms with van der Waals surface area (Å²) < 4.78 is 6.80. The number of ether oxygens (including phenoxy) is 1. The summed E-state index contributed by atoms with van der Waals surface area (Å²) >= 11 is 1.64. The van der Waals surface area contributed by atoms with Crippen LogP contribution in [-0.4, -0.2) is 28.6 Å². The van der Waals surface area contributed by atoms with Gasteiger partial charge >= 0.3 is 0 Å². The van der Waals surface area contributed by atoms with Crippen molar-refractivity contribution >= 4 is 11.3 Å². The molecule has 0 aliphatic heterocycles. The highest BCUT2D eigenvalue weighted by Gasteiger charge is 2.09. The maximum Gasteiger partial charge on any atom is 0.103 e. The predicted molar refractivity (Wildman–Crippen MR) is 63.3 cm³/mol. The molecule has 0 amide bonds. The lowest BCUT2D eigenvalue weighted by Crippen LogP contribution is -2.09. The average molecular weight is 238 g/mol. The maximum absolute atomic E-state index is 9.23. The Labute approximate surface area is 98.1 Å². The van der Waals surface area contributed by atoms with Crippen molar-refractivity contribution in [3.05, 3.63) is 29.3 Å². The number of aliphatic hydroxyl groups is 1. The summed E-state index contributed by atoms with van der Waals surface area (Å²) in [6.07, 6.45) is 0. The van der Waals surface area contributed by atoms with Gasteiger partial charge in [-0.05, 0) is 17.5 Å². The van der Waals surface area contributed by atoms with E-state index in [4.69, 9.17) is 4.74 Å². The fraction of sp³-hybridized carbons (Fsp3) is 0.364. The summed E-state index contributed by atoms with van der Waals surface area (Å²) in [5.41, 5.74) is 1.73. The van der Waals surface area contributed by atoms with Gasteiger partial charge in [0.1, 0.15) is 5.69 Å². The largest absolute Gasteiger partial charge is 0.390 e. The van der Waals surface area contributed by atoms with Crippen LogP contribution in [0.25, 0.3) is 10.6 Å². The second kappa shape index (κ2) is 5.25. The Bertz CT molecular complexity index is 437. The fourth-order valence-electron chi connectivity index (χ4n) is 1.50. The van der Waals surface area contributed by atoms with E-state index in [1.54, 1.807) is 23.1 Å². The molecule has 0 saturated heterocycles. The number of methoxy groups -OCH3 is 1. The zero-order chi connectivity index (χ0) is 11.4. The standard InChI is InChI=1S/C11H14N2O2S/c1-15-5-4-13-9(8-14)7-10(12-13)11-3-2-6-16-11/h2-3,6-7,14H,4-5,8H2,1H3. The van der Waals surface area contributed by atoms with Crippen LogP contribution in [-0.2, 0) is 17.9 Å². The zero-order valence-electron chi connectivity index (χ0n) is 9.09. The monoisotopic (exact) mass is 238 g/mol. The van der Waals surface area contributed by atoms with Crippen molar-refractivity contribution in [2.45, 2.75) is 13.2 Å². The molecule has 0 atom stereocenters. The number of aliphatic hydroxyl groups excluding tert-OH is 1. The van der Waals surface area contributed by atoms with Crippen LogP contribution < -0.4 is 0 Å².